The molecule has 1 fully saturated rings. The first-order valence-corrected chi connectivity index (χ1v) is 7.48. The van der Waals surface area contributed by atoms with Crippen LogP contribution < -0.4 is 0 Å². The molecule has 23 heavy (non-hydrogen) atoms. The van der Waals surface area contributed by atoms with Crippen LogP contribution in [0, 0.1) is 5.82 Å². The average molecular weight is 319 g/mol. The van der Waals surface area contributed by atoms with Gasteiger partial charge in [0.15, 0.2) is 5.69 Å². The second-order valence-corrected chi connectivity index (χ2v) is 5.38. The van der Waals surface area contributed by atoms with Crippen molar-refractivity contribution in [2.24, 2.45) is 0 Å². The molecule has 1 aliphatic rings. The van der Waals surface area contributed by atoms with E-state index in [1.165, 1.54) is 16.8 Å². The van der Waals surface area contributed by atoms with Crippen LogP contribution in [0.1, 0.15) is 10.5 Å². The maximum absolute atomic E-state index is 12.9. The van der Waals surface area contributed by atoms with Crippen molar-refractivity contribution in [3.05, 3.63) is 42.0 Å². The summed E-state index contributed by atoms with van der Waals surface area (Å²) in [5.74, 6) is -0.493. The summed E-state index contributed by atoms with van der Waals surface area (Å²) in [6.07, 6.45) is 1.55. The molecule has 1 saturated heterocycles. The lowest BCUT2D eigenvalue weighted by atomic mass is 10.3. The van der Waals surface area contributed by atoms with Gasteiger partial charge in [0.2, 0.25) is 0 Å². The molecule has 0 unspecified atom stereocenters. The highest BCUT2D eigenvalue weighted by Crippen LogP contribution is 2.10. The zero-order valence-electron chi connectivity index (χ0n) is 12.6. The maximum Gasteiger partial charge on any atom is 0.276 e. The van der Waals surface area contributed by atoms with Crippen LogP contribution in [0.2, 0.25) is 0 Å². The van der Waals surface area contributed by atoms with Gasteiger partial charge in [-0.25, -0.2) is 9.07 Å². The van der Waals surface area contributed by atoms with Crippen molar-refractivity contribution in [2.75, 3.05) is 39.3 Å². The molecule has 2 aromatic rings. The molecular formula is C15H18FN5O2. The Labute approximate surface area is 132 Å². The topological polar surface area (TPSA) is 74.5 Å². The van der Waals surface area contributed by atoms with E-state index in [2.05, 4.69) is 15.2 Å². The summed E-state index contributed by atoms with van der Waals surface area (Å²) in [5, 5.41) is 16.8. The first kappa shape index (κ1) is 15.6. The molecule has 0 saturated carbocycles. The number of aliphatic hydroxyl groups excluding tert-OH is 1. The number of amides is 1. The van der Waals surface area contributed by atoms with Crippen LogP contribution in [-0.2, 0) is 0 Å². The highest BCUT2D eigenvalue weighted by Gasteiger charge is 2.23. The summed E-state index contributed by atoms with van der Waals surface area (Å²) in [4.78, 5) is 16.3. The molecule has 7 nitrogen and oxygen atoms in total. The molecule has 2 heterocycles. The summed E-state index contributed by atoms with van der Waals surface area (Å²) < 4.78 is 14.4. The minimum atomic E-state index is -0.328. The molecule has 1 amide bonds. The Hall–Kier alpha value is -2.32. The van der Waals surface area contributed by atoms with Crippen molar-refractivity contribution in [1.82, 2.24) is 24.8 Å². The van der Waals surface area contributed by atoms with E-state index >= 15 is 0 Å². The second kappa shape index (κ2) is 6.84. The lowest BCUT2D eigenvalue weighted by molar-refractivity contribution is 0.0609. The fraction of sp³-hybridized carbons (Fsp3) is 0.400. The van der Waals surface area contributed by atoms with E-state index in [1.807, 2.05) is 0 Å². The van der Waals surface area contributed by atoms with E-state index in [0.717, 1.165) is 13.1 Å². The summed E-state index contributed by atoms with van der Waals surface area (Å²) in [5.41, 5.74) is 0.913. The summed E-state index contributed by atoms with van der Waals surface area (Å²) in [7, 11) is 0. The van der Waals surface area contributed by atoms with Gasteiger partial charge in [-0.3, -0.25) is 9.69 Å². The van der Waals surface area contributed by atoms with Crippen molar-refractivity contribution in [1.29, 1.82) is 0 Å². The Balaban J connectivity index is 1.66. The van der Waals surface area contributed by atoms with Crippen LogP contribution in [0.15, 0.2) is 30.5 Å². The van der Waals surface area contributed by atoms with Crippen LogP contribution in [0.25, 0.3) is 5.69 Å². The number of halogens is 1. The molecule has 0 atom stereocenters. The molecule has 8 heteroatoms. The fourth-order valence-corrected chi connectivity index (χ4v) is 2.56. The van der Waals surface area contributed by atoms with Crippen LogP contribution in [0.3, 0.4) is 0 Å². The zero-order chi connectivity index (χ0) is 16.2. The Morgan fingerprint density at radius 1 is 1.17 bits per heavy atom. The van der Waals surface area contributed by atoms with Gasteiger partial charge in [0, 0.05) is 32.7 Å². The van der Waals surface area contributed by atoms with E-state index in [4.69, 9.17) is 5.11 Å². The normalized spacial score (nSPS) is 15.8. The lowest BCUT2D eigenvalue weighted by Crippen LogP contribution is -2.49. The molecule has 1 aliphatic heterocycles. The first-order chi connectivity index (χ1) is 11.2. The Bertz CT molecular complexity index is 665. The molecule has 0 bridgehead atoms. The molecule has 122 valence electrons. The number of carbonyl (C=O) groups excluding carboxylic acids is 1. The summed E-state index contributed by atoms with van der Waals surface area (Å²) >= 11 is 0. The van der Waals surface area contributed by atoms with Gasteiger partial charge in [-0.15, -0.1) is 5.10 Å². The third kappa shape index (κ3) is 3.54. The van der Waals surface area contributed by atoms with Gasteiger partial charge in [0.25, 0.3) is 5.91 Å². The van der Waals surface area contributed by atoms with Gasteiger partial charge >= 0.3 is 0 Å². The van der Waals surface area contributed by atoms with Crippen molar-refractivity contribution in [3.8, 4) is 5.69 Å². The number of hydrogen-bond donors (Lipinski definition) is 1. The largest absolute Gasteiger partial charge is 0.395 e. The average Bonchev–Trinajstić information content (AvgIpc) is 3.06. The van der Waals surface area contributed by atoms with Crippen molar-refractivity contribution in [3.63, 3.8) is 0 Å². The van der Waals surface area contributed by atoms with Gasteiger partial charge in [0.05, 0.1) is 18.5 Å². The number of rotatable bonds is 4. The van der Waals surface area contributed by atoms with E-state index in [9.17, 15) is 9.18 Å². The van der Waals surface area contributed by atoms with E-state index in [1.54, 1.807) is 23.2 Å². The third-order valence-electron chi connectivity index (χ3n) is 3.88. The predicted molar refractivity (Wildman–Crippen MR) is 80.7 cm³/mol. The number of piperazine rings is 1. The number of carbonyl (C=O) groups is 1. The molecule has 1 aromatic carbocycles. The number of β-amino-alcohol motifs (C(OH)–C–C–N with tert-alkyl or cyclic N) is 1. The highest BCUT2D eigenvalue weighted by atomic mass is 19.1. The third-order valence-corrected chi connectivity index (χ3v) is 3.88. The first-order valence-electron chi connectivity index (χ1n) is 7.48. The van der Waals surface area contributed by atoms with E-state index < -0.39 is 0 Å². The summed E-state index contributed by atoms with van der Waals surface area (Å²) in [6.45, 7) is 3.42. The van der Waals surface area contributed by atoms with Crippen molar-refractivity contribution in [2.45, 2.75) is 0 Å². The number of aliphatic hydroxyl groups is 1. The van der Waals surface area contributed by atoms with Gasteiger partial charge in [-0.05, 0) is 24.3 Å². The smallest absolute Gasteiger partial charge is 0.276 e. The highest BCUT2D eigenvalue weighted by molar-refractivity contribution is 5.92. The number of benzene rings is 1. The lowest BCUT2D eigenvalue weighted by Gasteiger charge is -2.33. The zero-order valence-corrected chi connectivity index (χ0v) is 12.6. The minimum Gasteiger partial charge on any atom is -0.395 e. The number of aromatic nitrogens is 3. The quantitative estimate of drug-likeness (QED) is 0.869. The van der Waals surface area contributed by atoms with Crippen LogP contribution in [-0.4, -0.2) is 75.1 Å². The minimum absolute atomic E-state index is 0.125. The van der Waals surface area contributed by atoms with Gasteiger partial charge in [-0.1, -0.05) is 5.21 Å². The SMILES string of the molecule is O=C(c1cn(-c2ccc(F)cc2)nn1)N1CCN(CCO)CC1. The molecule has 0 spiro atoms. The van der Waals surface area contributed by atoms with Crippen LogP contribution in [0.4, 0.5) is 4.39 Å². The van der Waals surface area contributed by atoms with Gasteiger partial charge < -0.3 is 10.0 Å². The maximum atomic E-state index is 12.9. The molecule has 1 N–H and O–H groups in total. The number of hydrogen-bond acceptors (Lipinski definition) is 5. The monoisotopic (exact) mass is 319 g/mol. The molecule has 0 radical (unpaired) electrons. The Morgan fingerprint density at radius 3 is 2.52 bits per heavy atom. The van der Waals surface area contributed by atoms with Crippen LogP contribution in [0.5, 0.6) is 0 Å². The Morgan fingerprint density at radius 2 is 1.87 bits per heavy atom. The summed E-state index contributed by atoms with van der Waals surface area (Å²) in [6, 6.07) is 5.82. The Kier molecular flexibility index (Phi) is 4.63. The van der Waals surface area contributed by atoms with E-state index in [0.29, 0.717) is 25.3 Å². The van der Waals surface area contributed by atoms with Gasteiger partial charge in [-0.2, -0.15) is 0 Å². The molecule has 0 aliphatic carbocycles. The molecular weight excluding hydrogens is 301 g/mol. The van der Waals surface area contributed by atoms with E-state index in [-0.39, 0.29) is 24.0 Å². The van der Waals surface area contributed by atoms with Crippen molar-refractivity contribution >= 4 is 5.91 Å². The van der Waals surface area contributed by atoms with Gasteiger partial charge in [0.1, 0.15) is 5.82 Å². The second-order valence-electron chi connectivity index (χ2n) is 5.38. The van der Waals surface area contributed by atoms with Crippen LogP contribution >= 0.6 is 0 Å². The predicted octanol–water partition coefficient (Wildman–Crippen LogP) is 0.156. The standard InChI is InChI=1S/C15H18FN5O2/c16-12-1-3-13(4-2-12)21-11-14(17-18-21)15(23)20-7-5-19(6-8-20)9-10-22/h1-4,11,22H,5-10H2. The molecule has 3 rings (SSSR count). The van der Waals surface area contributed by atoms with Crippen molar-refractivity contribution < 1.29 is 14.3 Å². The fourth-order valence-electron chi connectivity index (χ4n) is 2.56. The number of nitrogens with zero attached hydrogens (tertiary/aromatic N) is 5. The molecule has 1 aromatic heterocycles.